The standard InChI is InChI=1S/C19H15ClN4O6S2/c1-8-11(6-21)16-15(28-7-29-16)9(2)13(8)17(25)22-19-12(4-5-31-19)32(26,27)24-18-14(20)10(3)23-30-18/h4-5,24H,7H2,1-3H3,(H,22,25). The molecule has 0 fully saturated rings. The van der Waals surface area contributed by atoms with Gasteiger partial charge in [-0.3, -0.25) is 4.79 Å². The Bertz CT molecular complexity index is 1400. The van der Waals surface area contributed by atoms with Crippen LogP contribution in [0.3, 0.4) is 0 Å². The molecule has 0 spiro atoms. The minimum absolute atomic E-state index is 0.0324. The maximum Gasteiger partial charge on any atom is 0.267 e. The number of aryl methyl sites for hydroxylation is 1. The number of ether oxygens (including phenoxy) is 2. The summed E-state index contributed by atoms with van der Waals surface area (Å²) in [6, 6.07) is 3.36. The van der Waals surface area contributed by atoms with Gasteiger partial charge in [-0.2, -0.15) is 5.26 Å². The fraction of sp³-hybridized carbons (Fsp3) is 0.211. The second-order valence-corrected chi connectivity index (χ2v) is 9.71. The number of rotatable bonds is 5. The summed E-state index contributed by atoms with van der Waals surface area (Å²) in [5, 5.41) is 17.4. The molecule has 1 aromatic carbocycles. The lowest BCUT2D eigenvalue weighted by molar-refractivity contribution is 0.102. The van der Waals surface area contributed by atoms with Crippen molar-refractivity contribution < 1.29 is 27.2 Å². The van der Waals surface area contributed by atoms with E-state index in [1.807, 2.05) is 6.07 Å². The molecule has 2 N–H and O–H groups in total. The highest BCUT2D eigenvalue weighted by Crippen LogP contribution is 2.43. The van der Waals surface area contributed by atoms with Crippen LogP contribution in [0.1, 0.15) is 32.7 Å². The van der Waals surface area contributed by atoms with E-state index in [1.165, 1.54) is 11.4 Å². The Labute approximate surface area is 191 Å². The van der Waals surface area contributed by atoms with Gasteiger partial charge in [-0.1, -0.05) is 16.8 Å². The third-order valence-electron chi connectivity index (χ3n) is 4.81. The van der Waals surface area contributed by atoms with E-state index in [0.29, 0.717) is 28.3 Å². The number of thiophene rings is 1. The van der Waals surface area contributed by atoms with Crippen LogP contribution in [0.15, 0.2) is 20.9 Å². The second-order valence-electron chi connectivity index (χ2n) is 6.76. The molecule has 166 valence electrons. The molecule has 0 radical (unpaired) electrons. The van der Waals surface area contributed by atoms with E-state index < -0.39 is 15.9 Å². The van der Waals surface area contributed by atoms with Crippen molar-refractivity contribution in [3.05, 3.63) is 44.4 Å². The van der Waals surface area contributed by atoms with Crippen molar-refractivity contribution in [2.75, 3.05) is 16.8 Å². The molecule has 0 saturated heterocycles. The third-order valence-corrected chi connectivity index (χ3v) is 7.59. The van der Waals surface area contributed by atoms with E-state index >= 15 is 0 Å². The first-order valence-electron chi connectivity index (χ1n) is 9.02. The van der Waals surface area contributed by atoms with Gasteiger partial charge in [-0.05, 0) is 37.8 Å². The van der Waals surface area contributed by atoms with E-state index in [2.05, 4.69) is 15.2 Å². The molecule has 13 heteroatoms. The minimum atomic E-state index is -4.15. The first-order chi connectivity index (χ1) is 15.2. The number of halogens is 1. The Hall–Kier alpha value is -3.27. The predicted octanol–water partition coefficient (Wildman–Crippen LogP) is 3.97. The average Bonchev–Trinajstić information content (AvgIpc) is 3.46. The summed E-state index contributed by atoms with van der Waals surface area (Å²) in [5.41, 5.74) is 1.59. The van der Waals surface area contributed by atoms with Gasteiger partial charge in [0.25, 0.3) is 21.8 Å². The number of carbonyl (C=O) groups is 1. The first-order valence-corrected chi connectivity index (χ1v) is 11.8. The fourth-order valence-corrected chi connectivity index (χ4v) is 5.72. The topological polar surface area (TPSA) is 144 Å². The molecule has 3 aromatic rings. The number of nitrogens with one attached hydrogen (secondary N) is 2. The molecule has 1 aliphatic rings. The smallest absolute Gasteiger partial charge is 0.267 e. The molecule has 1 amide bonds. The zero-order valence-electron chi connectivity index (χ0n) is 16.9. The number of sulfonamides is 1. The molecule has 1 aliphatic heterocycles. The molecule has 32 heavy (non-hydrogen) atoms. The summed E-state index contributed by atoms with van der Waals surface area (Å²) in [4.78, 5) is 13.0. The highest BCUT2D eigenvalue weighted by atomic mass is 35.5. The van der Waals surface area contributed by atoms with Crippen molar-refractivity contribution in [3.63, 3.8) is 0 Å². The Morgan fingerprint density at radius 1 is 1.25 bits per heavy atom. The van der Waals surface area contributed by atoms with Crippen molar-refractivity contribution in [3.8, 4) is 17.6 Å². The third kappa shape index (κ3) is 3.54. The fourth-order valence-electron chi connectivity index (χ4n) is 3.27. The monoisotopic (exact) mass is 494 g/mol. The summed E-state index contributed by atoms with van der Waals surface area (Å²) in [7, 11) is -4.15. The SMILES string of the molecule is Cc1noc(NS(=O)(=O)c2ccsc2NC(=O)c2c(C)c(C#N)c3c(c2C)OCO3)c1Cl. The number of aromatic nitrogens is 1. The minimum Gasteiger partial charge on any atom is -0.453 e. The van der Waals surface area contributed by atoms with E-state index in [-0.39, 0.29) is 38.7 Å². The van der Waals surface area contributed by atoms with Crippen molar-refractivity contribution in [2.45, 2.75) is 25.7 Å². The van der Waals surface area contributed by atoms with Crippen LogP contribution >= 0.6 is 22.9 Å². The van der Waals surface area contributed by atoms with Gasteiger partial charge in [-0.15, -0.1) is 11.3 Å². The highest BCUT2D eigenvalue weighted by molar-refractivity contribution is 7.93. The Morgan fingerprint density at radius 3 is 2.62 bits per heavy atom. The lowest BCUT2D eigenvalue weighted by Gasteiger charge is -2.14. The number of nitriles is 1. The lowest BCUT2D eigenvalue weighted by atomic mass is 9.95. The number of amides is 1. The van der Waals surface area contributed by atoms with Crippen LogP contribution in [0, 0.1) is 32.1 Å². The van der Waals surface area contributed by atoms with Crippen molar-refractivity contribution in [2.24, 2.45) is 0 Å². The second kappa shape index (κ2) is 8.01. The van der Waals surface area contributed by atoms with E-state index in [0.717, 1.165) is 11.3 Å². The summed E-state index contributed by atoms with van der Waals surface area (Å²) in [5.74, 6) is -0.216. The van der Waals surface area contributed by atoms with Gasteiger partial charge in [0.15, 0.2) is 11.5 Å². The van der Waals surface area contributed by atoms with Gasteiger partial charge in [0, 0.05) is 5.56 Å². The van der Waals surface area contributed by atoms with E-state index in [9.17, 15) is 18.5 Å². The molecular formula is C19H15ClN4O6S2. The van der Waals surface area contributed by atoms with Gasteiger partial charge < -0.3 is 19.3 Å². The number of benzene rings is 1. The summed E-state index contributed by atoms with van der Waals surface area (Å²) in [6.07, 6.45) is 0. The molecule has 3 heterocycles. The normalized spacial score (nSPS) is 12.5. The van der Waals surface area contributed by atoms with Crippen LogP contribution in [-0.4, -0.2) is 26.3 Å². The maximum atomic E-state index is 13.1. The van der Waals surface area contributed by atoms with Crippen LogP contribution in [0.2, 0.25) is 5.02 Å². The molecule has 0 atom stereocenters. The van der Waals surface area contributed by atoms with Gasteiger partial charge in [0.05, 0.1) is 5.56 Å². The number of anilines is 2. The molecule has 0 aliphatic carbocycles. The van der Waals surface area contributed by atoms with Gasteiger partial charge in [0.1, 0.15) is 32.2 Å². The van der Waals surface area contributed by atoms with E-state index in [4.69, 9.17) is 25.6 Å². The Morgan fingerprint density at radius 2 is 1.97 bits per heavy atom. The largest absolute Gasteiger partial charge is 0.453 e. The molecule has 0 saturated carbocycles. The van der Waals surface area contributed by atoms with Crippen LogP contribution in [0.4, 0.5) is 10.9 Å². The molecule has 4 rings (SSSR count). The lowest BCUT2D eigenvalue weighted by Crippen LogP contribution is -2.19. The molecule has 0 bridgehead atoms. The zero-order valence-corrected chi connectivity index (χ0v) is 19.3. The quantitative estimate of drug-likeness (QED) is 0.542. The van der Waals surface area contributed by atoms with Crippen molar-refractivity contribution >= 4 is 49.8 Å². The Balaban J connectivity index is 1.68. The summed E-state index contributed by atoms with van der Waals surface area (Å²) < 4.78 is 43.7. The number of nitrogens with zero attached hydrogens (tertiary/aromatic N) is 2. The predicted molar refractivity (Wildman–Crippen MR) is 116 cm³/mol. The van der Waals surface area contributed by atoms with Crippen molar-refractivity contribution in [1.82, 2.24) is 5.16 Å². The van der Waals surface area contributed by atoms with Gasteiger partial charge >= 0.3 is 0 Å². The van der Waals surface area contributed by atoms with E-state index in [1.54, 1.807) is 20.8 Å². The van der Waals surface area contributed by atoms with Crippen LogP contribution in [0.25, 0.3) is 0 Å². The number of hydrogen-bond acceptors (Lipinski definition) is 9. The summed E-state index contributed by atoms with van der Waals surface area (Å²) >= 11 is 7.01. The van der Waals surface area contributed by atoms with Gasteiger partial charge in [0.2, 0.25) is 6.79 Å². The van der Waals surface area contributed by atoms with Gasteiger partial charge in [-0.25, -0.2) is 13.1 Å². The number of fused-ring (bicyclic) bond motifs is 1. The van der Waals surface area contributed by atoms with Crippen LogP contribution < -0.4 is 19.5 Å². The van der Waals surface area contributed by atoms with Crippen molar-refractivity contribution in [1.29, 1.82) is 5.26 Å². The van der Waals surface area contributed by atoms with Crippen LogP contribution in [0.5, 0.6) is 11.5 Å². The highest BCUT2D eigenvalue weighted by Gasteiger charge is 2.30. The van der Waals surface area contributed by atoms with Crippen LogP contribution in [-0.2, 0) is 10.0 Å². The molecule has 10 nitrogen and oxygen atoms in total. The molecular weight excluding hydrogens is 480 g/mol. The summed E-state index contributed by atoms with van der Waals surface area (Å²) in [6.45, 7) is 4.78. The number of hydrogen-bond donors (Lipinski definition) is 2. The molecule has 2 aromatic heterocycles. The maximum absolute atomic E-state index is 13.1. The number of carbonyl (C=O) groups excluding carboxylic acids is 1. The molecule has 0 unspecified atom stereocenters. The Kier molecular flexibility index (Phi) is 5.49. The first kappa shape index (κ1) is 21.9. The zero-order chi connectivity index (χ0) is 23.2. The average molecular weight is 495 g/mol.